The van der Waals surface area contributed by atoms with Crippen molar-refractivity contribution in [2.75, 3.05) is 5.73 Å². The second-order valence-corrected chi connectivity index (χ2v) is 5.03. The molecule has 114 valence electrons. The van der Waals surface area contributed by atoms with E-state index < -0.39 is 18.5 Å². The lowest BCUT2D eigenvalue weighted by Gasteiger charge is -2.09. The van der Waals surface area contributed by atoms with E-state index in [2.05, 4.69) is 10.1 Å². The van der Waals surface area contributed by atoms with Crippen LogP contribution < -0.4 is 11.3 Å². The molecule has 0 aliphatic heterocycles. The molecule has 9 heteroatoms. The summed E-state index contributed by atoms with van der Waals surface area (Å²) in [6.45, 7) is -0.685. The lowest BCUT2D eigenvalue weighted by atomic mass is 10.2. The predicted octanol–water partition coefficient (Wildman–Crippen LogP) is 2.06. The zero-order valence-electron chi connectivity index (χ0n) is 11.1. The van der Waals surface area contributed by atoms with Crippen molar-refractivity contribution in [3.8, 4) is 11.3 Å². The number of hydrogen-bond donors (Lipinski definition) is 1. The highest BCUT2D eigenvalue weighted by Gasteiger charge is 2.12. The molecule has 0 atom stereocenters. The Kier molecular flexibility index (Phi) is 3.53. The van der Waals surface area contributed by atoms with Crippen molar-refractivity contribution >= 4 is 23.2 Å². The normalized spacial score (nSPS) is 11.5. The van der Waals surface area contributed by atoms with E-state index in [1.165, 1.54) is 22.8 Å². The average Bonchev–Trinajstić information content (AvgIpc) is 2.80. The molecule has 0 fully saturated rings. The van der Waals surface area contributed by atoms with E-state index in [1.807, 2.05) is 0 Å². The number of pyridine rings is 2. The maximum Gasteiger partial charge on any atom is 0.256 e. The summed E-state index contributed by atoms with van der Waals surface area (Å²) in [5, 5.41) is 4.42. The molecule has 0 bridgehead atoms. The van der Waals surface area contributed by atoms with Gasteiger partial charge < -0.3 is 10.3 Å². The van der Waals surface area contributed by atoms with Crippen LogP contribution in [0.4, 0.5) is 14.7 Å². The number of alkyl halides is 2. The molecular formula is C13H10ClF2N5O. The van der Waals surface area contributed by atoms with E-state index in [-0.39, 0.29) is 5.95 Å². The van der Waals surface area contributed by atoms with Crippen LogP contribution in [0.15, 0.2) is 35.3 Å². The molecule has 0 saturated heterocycles. The van der Waals surface area contributed by atoms with Crippen molar-refractivity contribution in [3.63, 3.8) is 0 Å². The Hall–Kier alpha value is -2.48. The van der Waals surface area contributed by atoms with E-state index in [1.54, 1.807) is 12.1 Å². The minimum atomic E-state index is -2.63. The van der Waals surface area contributed by atoms with Crippen LogP contribution in [0.5, 0.6) is 0 Å². The minimum Gasteiger partial charge on any atom is -0.366 e. The van der Waals surface area contributed by atoms with Gasteiger partial charge >= 0.3 is 0 Å². The molecule has 0 radical (unpaired) electrons. The molecule has 3 heterocycles. The van der Waals surface area contributed by atoms with Crippen molar-refractivity contribution in [1.29, 1.82) is 0 Å². The van der Waals surface area contributed by atoms with Gasteiger partial charge in [0.2, 0.25) is 5.95 Å². The largest absolute Gasteiger partial charge is 0.366 e. The van der Waals surface area contributed by atoms with Gasteiger partial charge in [-0.3, -0.25) is 4.79 Å². The topological polar surface area (TPSA) is 78.2 Å². The lowest BCUT2D eigenvalue weighted by Crippen LogP contribution is -2.22. The number of fused-ring (bicyclic) bond motifs is 1. The third kappa shape index (κ3) is 2.64. The molecule has 3 aromatic heterocycles. The first-order valence-electron chi connectivity index (χ1n) is 6.25. The molecule has 3 rings (SSSR count). The van der Waals surface area contributed by atoms with Crippen LogP contribution in [0.2, 0.25) is 5.02 Å². The van der Waals surface area contributed by atoms with E-state index in [4.69, 9.17) is 17.3 Å². The van der Waals surface area contributed by atoms with Gasteiger partial charge in [-0.05, 0) is 12.1 Å². The minimum absolute atomic E-state index is 0.0596. The fourth-order valence-electron chi connectivity index (χ4n) is 2.15. The van der Waals surface area contributed by atoms with Gasteiger partial charge in [0, 0.05) is 28.9 Å². The molecule has 0 saturated carbocycles. The second-order valence-electron chi connectivity index (χ2n) is 4.60. The zero-order valence-corrected chi connectivity index (χ0v) is 11.8. The summed E-state index contributed by atoms with van der Waals surface area (Å²) in [6.07, 6.45) is -1.30. The number of halogens is 3. The second kappa shape index (κ2) is 5.38. The molecule has 2 N–H and O–H groups in total. The van der Waals surface area contributed by atoms with Crippen molar-refractivity contribution in [3.05, 3.63) is 45.8 Å². The zero-order chi connectivity index (χ0) is 15.9. The number of hydrogen-bond acceptors (Lipinski definition) is 4. The maximum atomic E-state index is 12.5. The summed E-state index contributed by atoms with van der Waals surface area (Å²) < 4.78 is 27.4. The number of nitrogen functional groups attached to an aromatic ring is 1. The van der Waals surface area contributed by atoms with E-state index >= 15 is 0 Å². The number of rotatable bonds is 3. The third-order valence-corrected chi connectivity index (χ3v) is 3.25. The first-order chi connectivity index (χ1) is 10.4. The molecule has 6 nitrogen and oxygen atoms in total. The number of nitrogens with two attached hydrogens (primary N) is 1. The quantitative estimate of drug-likeness (QED) is 0.799. The van der Waals surface area contributed by atoms with Crippen LogP contribution in [-0.2, 0) is 6.54 Å². The van der Waals surface area contributed by atoms with Gasteiger partial charge in [0.25, 0.3) is 12.0 Å². The van der Waals surface area contributed by atoms with Gasteiger partial charge in [0.05, 0.1) is 12.2 Å². The average molecular weight is 326 g/mol. The van der Waals surface area contributed by atoms with Crippen LogP contribution in [0, 0.1) is 0 Å². The highest BCUT2D eigenvalue weighted by Crippen LogP contribution is 2.24. The summed E-state index contributed by atoms with van der Waals surface area (Å²) in [5.41, 5.74) is 6.47. The molecular weight excluding hydrogens is 316 g/mol. The number of nitrogens with zero attached hydrogens (tertiary/aromatic N) is 4. The molecule has 0 aliphatic rings. The van der Waals surface area contributed by atoms with E-state index in [0.717, 1.165) is 4.57 Å². The Morgan fingerprint density at radius 3 is 2.82 bits per heavy atom. The molecule has 0 unspecified atom stereocenters. The molecule has 0 aromatic carbocycles. The van der Waals surface area contributed by atoms with Gasteiger partial charge in [0.15, 0.2) is 5.65 Å². The fraction of sp³-hybridized carbons (Fsp3) is 0.154. The molecule has 0 spiro atoms. The van der Waals surface area contributed by atoms with Gasteiger partial charge in [-0.25, -0.2) is 13.3 Å². The third-order valence-electron chi connectivity index (χ3n) is 3.03. The smallest absolute Gasteiger partial charge is 0.256 e. The summed E-state index contributed by atoms with van der Waals surface area (Å²) >= 11 is 6.03. The molecule has 3 aromatic rings. The van der Waals surface area contributed by atoms with Gasteiger partial charge in [-0.1, -0.05) is 11.6 Å². The Bertz CT molecular complexity index is 905. The standard InChI is InChI=1S/C13H10ClF2N5O/c14-8-3-9(21-11(4-8)18-13(17)19-21)7-1-2-12(22)20(5-7)6-10(15)16/h1-5,10H,6H2,(H2,17,19). The first kappa shape index (κ1) is 14.5. The molecule has 0 aliphatic carbocycles. The van der Waals surface area contributed by atoms with Crippen LogP contribution in [0.1, 0.15) is 0 Å². The van der Waals surface area contributed by atoms with Crippen LogP contribution in [0.3, 0.4) is 0 Å². The van der Waals surface area contributed by atoms with Crippen LogP contribution >= 0.6 is 11.6 Å². The highest BCUT2D eigenvalue weighted by molar-refractivity contribution is 6.31. The maximum absolute atomic E-state index is 12.5. The monoisotopic (exact) mass is 325 g/mol. The number of anilines is 1. The van der Waals surface area contributed by atoms with Crippen LogP contribution in [-0.4, -0.2) is 25.6 Å². The Labute approximate surface area is 127 Å². The molecule has 0 amide bonds. The first-order valence-corrected chi connectivity index (χ1v) is 6.62. The highest BCUT2D eigenvalue weighted by atomic mass is 35.5. The summed E-state index contributed by atoms with van der Waals surface area (Å²) in [5.74, 6) is 0.0596. The molecule has 22 heavy (non-hydrogen) atoms. The lowest BCUT2D eigenvalue weighted by molar-refractivity contribution is 0.125. The van der Waals surface area contributed by atoms with Crippen molar-refractivity contribution < 1.29 is 8.78 Å². The summed E-state index contributed by atoms with van der Waals surface area (Å²) in [7, 11) is 0. The van der Waals surface area contributed by atoms with Gasteiger partial charge in [-0.2, -0.15) is 4.98 Å². The Morgan fingerprint density at radius 1 is 1.32 bits per heavy atom. The van der Waals surface area contributed by atoms with Crippen LogP contribution in [0.25, 0.3) is 16.9 Å². The van der Waals surface area contributed by atoms with Crippen molar-refractivity contribution in [2.24, 2.45) is 0 Å². The summed E-state index contributed by atoms with van der Waals surface area (Å²) in [6, 6.07) is 5.89. The van der Waals surface area contributed by atoms with E-state index in [9.17, 15) is 13.6 Å². The Morgan fingerprint density at radius 2 is 2.09 bits per heavy atom. The van der Waals surface area contributed by atoms with Crippen molar-refractivity contribution in [2.45, 2.75) is 13.0 Å². The number of aromatic nitrogens is 4. The van der Waals surface area contributed by atoms with Gasteiger partial charge in [-0.15, -0.1) is 5.10 Å². The summed E-state index contributed by atoms with van der Waals surface area (Å²) in [4.78, 5) is 15.6. The predicted molar refractivity (Wildman–Crippen MR) is 78.1 cm³/mol. The fourth-order valence-corrected chi connectivity index (χ4v) is 2.35. The van der Waals surface area contributed by atoms with E-state index in [0.29, 0.717) is 21.9 Å². The van der Waals surface area contributed by atoms with Crippen molar-refractivity contribution in [1.82, 2.24) is 19.2 Å². The SMILES string of the molecule is Nc1nc2cc(Cl)cc(-c3ccc(=O)n(CC(F)F)c3)n2n1. The Balaban J connectivity index is 2.21. The van der Waals surface area contributed by atoms with Gasteiger partial charge in [0.1, 0.15) is 0 Å².